The molecule has 1 aliphatic rings. The maximum Gasteiger partial charge on any atom is 0.337 e. The van der Waals surface area contributed by atoms with Crippen molar-refractivity contribution in [3.8, 4) is 0 Å². The van der Waals surface area contributed by atoms with Crippen molar-refractivity contribution in [2.24, 2.45) is 0 Å². The van der Waals surface area contributed by atoms with Crippen molar-refractivity contribution in [3.05, 3.63) is 58.6 Å². The Labute approximate surface area is 153 Å². The lowest BCUT2D eigenvalue weighted by molar-refractivity contribution is -0.116. The van der Waals surface area contributed by atoms with Crippen molar-refractivity contribution in [1.29, 1.82) is 0 Å². The normalized spacial score (nSPS) is 14.8. The topological polar surface area (TPSA) is 121 Å². The highest BCUT2D eigenvalue weighted by atomic mass is 35.5. The average Bonchev–Trinajstić information content (AvgIpc) is 2.78. The molecular formula is C16H11ClN2O6S. The van der Waals surface area contributed by atoms with Crippen molar-refractivity contribution >= 4 is 45.1 Å². The first-order chi connectivity index (χ1) is 12.2. The first kappa shape index (κ1) is 17.9. The molecule has 10 heteroatoms. The molecule has 0 unspecified atom stereocenters. The van der Waals surface area contributed by atoms with E-state index in [4.69, 9.17) is 16.7 Å². The quantitative estimate of drug-likeness (QED) is 0.815. The summed E-state index contributed by atoms with van der Waals surface area (Å²) in [5.41, 5.74) is -0.111. The number of nitrogens with zero attached hydrogens (tertiary/aromatic N) is 1. The van der Waals surface area contributed by atoms with E-state index in [9.17, 15) is 22.8 Å². The van der Waals surface area contributed by atoms with E-state index < -0.39 is 34.4 Å². The van der Waals surface area contributed by atoms with Crippen LogP contribution in [0.15, 0.2) is 47.4 Å². The molecule has 0 aromatic heterocycles. The molecule has 26 heavy (non-hydrogen) atoms. The van der Waals surface area contributed by atoms with E-state index in [1.54, 1.807) is 0 Å². The lowest BCUT2D eigenvalue weighted by atomic mass is 10.2. The van der Waals surface area contributed by atoms with E-state index in [2.05, 4.69) is 5.32 Å². The van der Waals surface area contributed by atoms with Gasteiger partial charge in [-0.05, 0) is 30.3 Å². The van der Waals surface area contributed by atoms with Gasteiger partial charge in [-0.1, -0.05) is 23.7 Å². The van der Waals surface area contributed by atoms with Gasteiger partial charge >= 0.3 is 5.97 Å². The molecule has 0 spiro atoms. The van der Waals surface area contributed by atoms with Crippen molar-refractivity contribution in [3.63, 3.8) is 0 Å². The first-order valence-electron chi connectivity index (χ1n) is 7.20. The monoisotopic (exact) mass is 394 g/mol. The lowest BCUT2D eigenvalue weighted by Gasteiger charge is -2.15. The predicted octanol–water partition coefficient (Wildman–Crippen LogP) is 1.82. The van der Waals surface area contributed by atoms with Crippen LogP contribution in [0.3, 0.4) is 0 Å². The zero-order valence-electron chi connectivity index (χ0n) is 13.0. The Balaban J connectivity index is 1.81. The van der Waals surface area contributed by atoms with Crippen LogP contribution < -0.4 is 5.32 Å². The van der Waals surface area contributed by atoms with E-state index in [1.807, 2.05) is 0 Å². The van der Waals surface area contributed by atoms with Crippen molar-refractivity contribution in [1.82, 2.24) is 4.31 Å². The summed E-state index contributed by atoms with van der Waals surface area (Å²) >= 11 is 5.75. The standard InChI is InChI=1S/C16H11ClN2O6S/c17-12-6-5-9(7-11(12)16(22)23)18-14(20)8-19-15(21)10-3-1-2-4-13(10)26(19,24)25/h1-7H,8H2,(H,18,20)(H,22,23). The minimum absolute atomic E-state index is 0.0000404. The molecule has 0 bridgehead atoms. The Kier molecular flexibility index (Phi) is 4.43. The van der Waals surface area contributed by atoms with Crippen molar-refractivity contribution in [2.75, 3.05) is 11.9 Å². The van der Waals surface area contributed by atoms with Crippen LogP contribution in [0, 0.1) is 0 Å². The van der Waals surface area contributed by atoms with Crippen LogP contribution in [0.1, 0.15) is 20.7 Å². The summed E-state index contributed by atoms with van der Waals surface area (Å²) in [7, 11) is -4.10. The Morgan fingerprint density at radius 1 is 1.15 bits per heavy atom. The molecule has 3 rings (SSSR count). The Bertz CT molecular complexity index is 1050. The molecule has 2 amide bonds. The number of sulfonamides is 1. The summed E-state index contributed by atoms with van der Waals surface area (Å²) in [6.45, 7) is -0.735. The number of nitrogens with one attached hydrogen (secondary N) is 1. The van der Waals surface area contributed by atoms with Gasteiger partial charge in [0.05, 0.1) is 16.1 Å². The molecule has 1 heterocycles. The number of carbonyl (C=O) groups excluding carboxylic acids is 2. The van der Waals surface area contributed by atoms with Crippen LogP contribution >= 0.6 is 11.6 Å². The summed E-state index contributed by atoms with van der Waals surface area (Å²) in [5, 5.41) is 11.4. The number of benzene rings is 2. The highest BCUT2D eigenvalue weighted by Gasteiger charge is 2.41. The third kappa shape index (κ3) is 3.02. The van der Waals surface area contributed by atoms with E-state index >= 15 is 0 Å². The molecule has 0 saturated heterocycles. The number of carboxylic acid groups (broad SMARTS) is 1. The summed E-state index contributed by atoms with van der Waals surface area (Å²) in [4.78, 5) is 35.3. The van der Waals surface area contributed by atoms with E-state index in [-0.39, 0.29) is 26.7 Å². The molecule has 0 aliphatic carbocycles. The van der Waals surface area contributed by atoms with Crippen molar-refractivity contribution in [2.45, 2.75) is 4.90 Å². The third-order valence-corrected chi connectivity index (χ3v) is 5.80. The number of amides is 2. The maximum atomic E-state index is 12.4. The van der Waals surface area contributed by atoms with Gasteiger partial charge in [-0.25, -0.2) is 17.5 Å². The zero-order chi connectivity index (χ0) is 19.1. The first-order valence-corrected chi connectivity index (χ1v) is 9.02. The van der Waals surface area contributed by atoms with Gasteiger partial charge in [0.1, 0.15) is 11.4 Å². The molecule has 1 aliphatic heterocycles. The summed E-state index contributed by atoms with van der Waals surface area (Å²) in [6, 6.07) is 9.45. The van der Waals surface area contributed by atoms with Gasteiger partial charge in [0, 0.05) is 5.69 Å². The minimum Gasteiger partial charge on any atom is -0.478 e. The second-order valence-corrected chi connectivity index (χ2v) is 7.60. The van der Waals surface area contributed by atoms with Crippen LogP contribution in [0.25, 0.3) is 0 Å². The Hall–Kier alpha value is -2.91. The fourth-order valence-electron chi connectivity index (χ4n) is 2.49. The minimum atomic E-state index is -4.10. The number of rotatable bonds is 4. The second kappa shape index (κ2) is 6.43. The SMILES string of the molecule is O=C(CN1C(=O)c2ccccc2S1(=O)=O)Nc1ccc(Cl)c(C(=O)O)c1. The molecule has 0 saturated carbocycles. The number of aromatic carboxylic acids is 1. The average molecular weight is 395 g/mol. The van der Waals surface area contributed by atoms with Crippen LogP contribution in [0.5, 0.6) is 0 Å². The summed E-state index contributed by atoms with van der Waals surface area (Å²) < 4.78 is 25.3. The highest BCUT2D eigenvalue weighted by molar-refractivity contribution is 7.90. The molecule has 134 valence electrons. The summed E-state index contributed by atoms with van der Waals surface area (Å²) in [6.07, 6.45) is 0. The van der Waals surface area contributed by atoms with Crippen molar-refractivity contribution < 1.29 is 27.9 Å². The van der Waals surface area contributed by atoms with Gasteiger partial charge in [0.2, 0.25) is 5.91 Å². The van der Waals surface area contributed by atoms with Gasteiger partial charge in [-0.3, -0.25) is 9.59 Å². The number of fused-ring (bicyclic) bond motifs is 1. The predicted molar refractivity (Wildman–Crippen MR) is 91.7 cm³/mol. The second-order valence-electron chi connectivity index (χ2n) is 5.36. The molecule has 2 aromatic rings. The number of hydrogen-bond donors (Lipinski definition) is 2. The van der Waals surface area contributed by atoms with Crippen LogP contribution in [-0.4, -0.2) is 42.2 Å². The van der Waals surface area contributed by atoms with E-state index in [0.29, 0.717) is 4.31 Å². The maximum absolute atomic E-state index is 12.4. The largest absolute Gasteiger partial charge is 0.478 e. The van der Waals surface area contributed by atoms with Gasteiger partial charge < -0.3 is 10.4 Å². The van der Waals surface area contributed by atoms with Gasteiger partial charge in [0.25, 0.3) is 15.9 Å². The van der Waals surface area contributed by atoms with Gasteiger partial charge in [-0.15, -0.1) is 0 Å². The number of carboxylic acids is 1. The highest BCUT2D eigenvalue weighted by Crippen LogP contribution is 2.29. The molecule has 0 radical (unpaired) electrons. The Morgan fingerprint density at radius 2 is 1.85 bits per heavy atom. The molecule has 2 aromatic carbocycles. The van der Waals surface area contributed by atoms with Crippen LogP contribution in [0.2, 0.25) is 5.02 Å². The van der Waals surface area contributed by atoms with Gasteiger partial charge in [-0.2, -0.15) is 0 Å². The fraction of sp³-hybridized carbons (Fsp3) is 0.0625. The van der Waals surface area contributed by atoms with E-state index in [0.717, 1.165) is 6.07 Å². The molecule has 0 fully saturated rings. The fourth-order valence-corrected chi connectivity index (χ4v) is 4.21. The van der Waals surface area contributed by atoms with Gasteiger partial charge in [0.15, 0.2) is 0 Å². The van der Waals surface area contributed by atoms with Crippen LogP contribution in [0.4, 0.5) is 5.69 Å². The smallest absolute Gasteiger partial charge is 0.337 e. The summed E-state index contributed by atoms with van der Waals surface area (Å²) in [5.74, 6) is -2.87. The zero-order valence-corrected chi connectivity index (χ0v) is 14.5. The van der Waals surface area contributed by atoms with Crippen LogP contribution in [-0.2, 0) is 14.8 Å². The lowest BCUT2D eigenvalue weighted by Crippen LogP contribution is -2.37. The molecule has 0 atom stereocenters. The molecular weight excluding hydrogens is 384 g/mol. The van der Waals surface area contributed by atoms with E-state index in [1.165, 1.54) is 36.4 Å². The number of carbonyl (C=O) groups is 3. The molecule has 8 nitrogen and oxygen atoms in total. The molecule has 2 N–H and O–H groups in total. The number of hydrogen-bond acceptors (Lipinski definition) is 5. The number of halogens is 1. The third-order valence-electron chi connectivity index (χ3n) is 3.68. The number of anilines is 1. The Morgan fingerprint density at radius 3 is 2.50 bits per heavy atom.